The van der Waals surface area contributed by atoms with Crippen molar-refractivity contribution in [2.24, 2.45) is 5.41 Å². The third kappa shape index (κ3) is 3.82. The predicted octanol–water partition coefficient (Wildman–Crippen LogP) is 2.72. The molecule has 0 spiro atoms. The van der Waals surface area contributed by atoms with Gasteiger partial charge in [-0.05, 0) is 50.3 Å². The van der Waals surface area contributed by atoms with Crippen LogP contribution in [0.4, 0.5) is 0 Å². The van der Waals surface area contributed by atoms with Gasteiger partial charge in [0.15, 0.2) is 0 Å². The molecule has 2 aromatic rings. The number of hydrogen-bond donors (Lipinski definition) is 1. The molecule has 2 heterocycles. The number of aliphatic hydroxyl groups excluding tert-OH is 1. The summed E-state index contributed by atoms with van der Waals surface area (Å²) in [5.74, 6) is 1.15. The van der Waals surface area contributed by atoms with Crippen molar-refractivity contribution in [3.8, 4) is 0 Å². The van der Waals surface area contributed by atoms with E-state index in [0.717, 1.165) is 51.3 Å². The Balaban J connectivity index is 1.60. The Morgan fingerprint density at radius 1 is 1.17 bits per heavy atom. The summed E-state index contributed by atoms with van der Waals surface area (Å²) >= 11 is 0. The SMILES string of the molecule is CCn1ccnc1CN1CCC(CO)(Cc2ccccc2)CC1. The normalized spacial score (nSPS) is 18.2. The summed E-state index contributed by atoms with van der Waals surface area (Å²) in [5.41, 5.74) is 1.37. The quantitative estimate of drug-likeness (QED) is 0.891. The maximum absolute atomic E-state index is 9.99. The molecule has 124 valence electrons. The van der Waals surface area contributed by atoms with E-state index in [1.54, 1.807) is 0 Å². The van der Waals surface area contributed by atoms with Crippen molar-refractivity contribution in [2.75, 3.05) is 19.7 Å². The number of aromatic nitrogens is 2. The highest BCUT2D eigenvalue weighted by atomic mass is 16.3. The first-order valence-electron chi connectivity index (χ1n) is 8.62. The number of likely N-dealkylation sites (tertiary alicyclic amines) is 1. The minimum Gasteiger partial charge on any atom is -0.396 e. The molecule has 1 aromatic carbocycles. The van der Waals surface area contributed by atoms with Crippen molar-refractivity contribution < 1.29 is 5.11 Å². The van der Waals surface area contributed by atoms with Gasteiger partial charge in [-0.1, -0.05) is 30.3 Å². The van der Waals surface area contributed by atoms with Crippen molar-refractivity contribution in [3.63, 3.8) is 0 Å². The van der Waals surface area contributed by atoms with E-state index in [1.807, 2.05) is 18.5 Å². The van der Waals surface area contributed by atoms with Crippen molar-refractivity contribution in [3.05, 3.63) is 54.1 Å². The molecule has 4 heteroatoms. The maximum atomic E-state index is 9.99. The molecule has 1 saturated heterocycles. The maximum Gasteiger partial charge on any atom is 0.122 e. The third-order valence-electron chi connectivity index (χ3n) is 5.18. The lowest BCUT2D eigenvalue weighted by atomic mass is 9.74. The molecule has 1 N–H and O–H groups in total. The summed E-state index contributed by atoms with van der Waals surface area (Å²) in [4.78, 5) is 6.94. The third-order valence-corrected chi connectivity index (χ3v) is 5.18. The lowest BCUT2D eigenvalue weighted by Crippen LogP contribution is -2.43. The Morgan fingerprint density at radius 3 is 2.57 bits per heavy atom. The van der Waals surface area contributed by atoms with E-state index in [0.29, 0.717) is 0 Å². The van der Waals surface area contributed by atoms with Crippen LogP contribution < -0.4 is 0 Å². The topological polar surface area (TPSA) is 41.3 Å². The average molecular weight is 313 g/mol. The second-order valence-electron chi connectivity index (χ2n) is 6.73. The fourth-order valence-electron chi connectivity index (χ4n) is 3.58. The van der Waals surface area contributed by atoms with Crippen LogP contribution in [-0.4, -0.2) is 39.3 Å². The largest absolute Gasteiger partial charge is 0.396 e. The van der Waals surface area contributed by atoms with Crippen molar-refractivity contribution in [1.82, 2.24) is 14.5 Å². The van der Waals surface area contributed by atoms with E-state index in [2.05, 4.69) is 45.6 Å². The fourth-order valence-corrected chi connectivity index (χ4v) is 3.58. The lowest BCUT2D eigenvalue weighted by molar-refractivity contribution is 0.0401. The Labute approximate surface area is 138 Å². The van der Waals surface area contributed by atoms with Gasteiger partial charge in [-0.2, -0.15) is 0 Å². The Bertz CT molecular complexity index is 600. The smallest absolute Gasteiger partial charge is 0.122 e. The zero-order valence-corrected chi connectivity index (χ0v) is 14.0. The molecule has 1 aliphatic heterocycles. The van der Waals surface area contributed by atoms with E-state index in [1.165, 1.54) is 5.56 Å². The molecule has 1 aliphatic rings. The van der Waals surface area contributed by atoms with Crippen LogP contribution in [0.1, 0.15) is 31.2 Å². The van der Waals surface area contributed by atoms with Gasteiger partial charge in [0.05, 0.1) is 6.54 Å². The van der Waals surface area contributed by atoms with Crippen molar-refractivity contribution >= 4 is 0 Å². The van der Waals surface area contributed by atoms with E-state index in [-0.39, 0.29) is 12.0 Å². The molecule has 4 nitrogen and oxygen atoms in total. The average Bonchev–Trinajstić information content (AvgIpc) is 3.05. The van der Waals surface area contributed by atoms with Gasteiger partial charge >= 0.3 is 0 Å². The van der Waals surface area contributed by atoms with Gasteiger partial charge in [0, 0.05) is 25.5 Å². The monoisotopic (exact) mass is 313 g/mol. The van der Waals surface area contributed by atoms with Crippen LogP contribution >= 0.6 is 0 Å². The number of rotatable bonds is 6. The van der Waals surface area contributed by atoms with Crippen LogP contribution in [0.5, 0.6) is 0 Å². The summed E-state index contributed by atoms with van der Waals surface area (Å²) < 4.78 is 2.21. The molecular weight excluding hydrogens is 286 g/mol. The minimum absolute atomic E-state index is 0.0397. The van der Waals surface area contributed by atoms with Crippen LogP contribution in [0.3, 0.4) is 0 Å². The second kappa shape index (κ2) is 7.28. The fraction of sp³-hybridized carbons (Fsp3) is 0.526. The molecule has 0 bridgehead atoms. The van der Waals surface area contributed by atoms with Crippen molar-refractivity contribution in [1.29, 1.82) is 0 Å². The summed E-state index contributed by atoms with van der Waals surface area (Å²) in [6, 6.07) is 10.6. The molecule has 0 radical (unpaired) electrons. The zero-order valence-electron chi connectivity index (χ0n) is 14.0. The number of imidazole rings is 1. The highest BCUT2D eigenvalue weighted by Crippen LogP contribution is 2.35. The van der Waals surface area contributed by atoms with E-state index in [4.69, 9.17) is 0 Å². The van der Waals surface area contributed by atoms with Crippen LogP contribution in [0.15, 0.2) is 42.7 Å². The summed E-state index contributed by atoms with van der Waals surface area (Å²) in [7, 11) is 0. The molecule has 0 atom stereocenters. The molecule has 23 heavy (non-hydrogen) atoms. The minimum atomic E-state index is 0.0397. The molecule has 1 fully saturated rings. The Hall–Kier alpha value is -1.65. The summed E-state index contributed by atoms with van der Waals surface area (Å²) in [6.45, 7) is 6.37. The van der Waals surface area contributed by atoms with Crippen molar-refractivity contribution in [2.45, 2.75) is 39.3 Å². The Morgan fingerprint density at radius 2 is 1.91 bits per heavy atom. The first kappa shape index (κ1) is 16.2. The molecule has 3 rings (SSSR count). The molecule has 1 aromatic heterocycles. The van der Waals surface area contributed by atoms with Crippen LogP contribution in [0.2, 0.25) is 0 Å². The van der Waals surface area contributed by atoms with E-state index >= 15 is 0 Å². The number of nitrogens with zero attached hydrogens (tertiary/aromatic N) is 3. The van der Waals surface area contributed by atoms with E-state index in [9.17, 15) is 5.11 Å². The summed E-state index contributed by atoms with van der Waals surface area (Å²) in [5, 5.41) is 9.99. The molecule has 0 aliphatic carbocycles. The predicted molar refractivity (Wildman–Crippen MR) is 92.1 cm³/mol. The van der Waals surface area contributed by atoms with Gasteiger partial charge in [0.2, 0.25) is 0 Å². The lowest BCUT2D eigenvalue weighted by Gasteiger charge is -2.41. The van der Waals surface area contributed by atoms with Gasteiger partial charge < -0.3 is 9.67 Å². The highest BCUT2D eigenvalue weighted by Gasteiger charge is 2.34. The molecule has 0 amide bonds. The second-order valence-corrected chi connectivity index (χ2v) is 6.73. The standard InChI is InChI=1S/C19H27N3O/c1-2-22-13-10-20-18(22)15-21-11-8-19(16-23,9-12-21)14-17-6-4-3-5-7-17/h3-7,10,13,23H,2,8-9,11-12,14-16H2,1H3. The molecule has 0 saturated carbocycles. The number of aliphatic hydroxyl groups is 1. The number of piperidine rings is 1. The summed E-state index contributed by atoms with van der Waals surface area (Å²) in [6.07, 6.45) is 7.00. The highest BCUT2D eigenvalue weighted by molar-refractivity contribution is 5.17. The first-order chi connectivity index (χ1) is 11.2. The van der Waals surface area contributed by atoms with Crippen LogP contribution in [0.25, 0.3) is 0 Å². The molecular formula is C19H27N3O. The number of aryl methyl sites for hydroxylation is 1. The van der Waals surface area contributed by atoms with Gasteiger partial charge in [0.25, 0.3) is 0 Å². The van der Waals surface area contributed by atoms with Gasteiger partial charge in [-0.3, -0.25) is 4.90 Å². The zero-order chi connectivity index (χ0) is 16.1. The Kier molecular flexibility index (Phi) is 5.13. The number of hydrogen-bond acceptors (Lipinski definition) is 3. The molecule has 0 unspecified atom stereocenters. The van der Waals surface area contributed by atoms with Gasteiger partial charge in [-0.15, -0.1) is 0 Å². The first-order valence-corrected chi connectivity index (χ1v) is 8.62. The number of benzene rings is 1. The van der Waals surface area contributed by atoms with Crippen LogP contribution in [-0.2, 0) is 19.5 Å². The van der Waals surface area contributed by atoms with Gasteiger partial charge in [-0.25, -0.2) is 4.98 Å². The van der Waals surface area contributed by atoms with E-state index < -0.39 is 0 Å². The van der Waals surface area contributed by atoms with Crippen LogP contribution in [0, 0.1) is 5.41 Å². The van der Waals surface area contributed by atoms with Gasteiger partial charge in [0.1, 0.15) is 5.82 Å².